The first kappa shape index (κ1) is 15.2. The third-order valence-electron chi connectivity index (χ3n) is 3.95. The quantitative estimate of drug-likeness (QED) is 0.806. The van der Waals surface area contributed by atoms with Crippen molar-refractivity contribution in [3.05, 3.63) is 18.1 Å². The molecule has 0 N–H and O–H groups in total. The van der Waals surface area contributed by atoms with Crippen LogP contribution in [0.15, 0.2) is 12.4 Å². The van der Waals surface area contributed by atoms with E-state index in [1.54, 1.807) is 6.20 Å². The number of hydrogen-bond donors (Lipinski definition) is 0. The molecule has 9 heteroatoms. The molecule has 22 heavy (non-hydrogen) atoms. The van der Waals surface area contributed by atoms with Crippen LogP contribution in [0.4, 0.5) is 10.6 Å². The van der Waals surface area contributed by atoms with Crippen LogP contribution in [0.3, 0.4) is 0 Å². The Kier molecular flexibility index (Phi) is 4.00. The van der Waals surface area contributed by atoms with Crippen molar-refractivity contribution in [2.75, 3.05) is 37.4 Å². The molecule has 0 aliphatic carbocycles. The minimum Gasteiger partial charge on any atom is -0.447 e. The van der Waals surface area contributed by atoms with Crippen LogP contribution in [0.25, 0.3) is 0 Å². The maximum Gasteiger partial charge on any atom is 0.415 e. The van der Waals surface area contributed by atoms with Gasteiger partial charge in [-0.05, 0) is 12.8 Å². The van der Waals surface area contributed by atoms with Crippen molar-refractivity contribution in [3.63, 3.8) is 0 Å². The lowest BCUT2D eigenvalue weighted by atomic mass is 9.96. The van der Waals surface area contributed by atoms with Gasteiger partial charge in [0.05, 0.1) is 24.7 Å². The second-order valence-electron chi connectivity index (χ2n) is 5.53. The minimum atomic E-state index is -3.20. The number of piperidine rings is 1. The SMILES string of the molecule is CS(=O)(=O)N1CCC[C@H](c2cncc(N3CCOC3=O)n2)C1. The van der Waals surface area contributed by atoms with E-state index >= 15 is 0 Å². The molecule has 1 amide bonds. The highest BCUT2D eigenvalue weighted by Crippen LogP contribution is 2.28. The van der Waals surface area contributed by atoms with Crippen LogP contribution in [0.5, 0.6) is 0 Å². The molecule has 0 radical (unpaired) electrons. The van der Waals surface area contributed by atoms with Crippen molar-refractivity contribution in [1.82, 2.24) is 14.3 Å². The van der Waals surface area contributed by atoms with Crippen molar-refractivity contribution >= 4 is 21.9 Å². The molecule has 2 aliphatic rings. The zero-order chi connectivity index (χ0) is 15.7. The van der Waals surface area contributed by atoms with Gasteiger partial charge in [0.25, 0.3) is 0 Å². The second-order valence-corrected chi connectivity index (χ2v) is 7.51. The predicted molar refractivity (Wildman–Crippen MR) is 79.1 cm³/mol. The number of anilines is 1. The molecule has 2 saturated heterocycles. The number of hydrogen-bond acceptors (Lipinski definition) is 6. The summed E-state index contributed by atoms with van der Waals surface area (Å²) in [6.45, 7) is 1.75. The Morgan fingerprint density at radius 1 is 1.32 bits per heavy atom. The molecule has 0 unspecified atom stereocenters. The van der Waals surface area contributed by atoms with Crippen molar-refractivity contribution in [2.45, 2.75) is 18.8 Å². The van der Waals surface area contributed by atoms with Crippen LogP contribution in [0.2, 0.25) is 0 Å². The zero-order valence-electron chi connectivity index (χ0n) is 12.3. The molecule has 8 nitrogen and oxygen atoms in total. The standard InChI is InChI=1S/C13H18N4O4S/c1-22(19,20)16-4-2-3-10(9-16)11-7-14-8-12(15-11)17-5-6-21-13(17)18/h7-8,10H,2-6,9H2,1H3/t10-/m0/s1. The van der Waals surface area contributed by atoms with E-state index in [2.05, 4.69) is 9.97 Å². The highest BCUT2D eigenvalue weighted by atomic mass is 32.2. The number of ether oxygens (including phenoxy) is 1. The Morgan fingerprint density at radius 3 is 2.82 bits per heavy atom. The van der Waals surface area contributed by atoms with E-state index in [0.29, 0.717) is 37.8 Å². The van der Waals surface area contributed by atoms with E-state index < -0.39 is 16.1 Å². The summed E-state index contributed by atoms with van der Waals surface area (Å²) in [6, 6.07) is 0. The summed E-state index contributed by atoms with van der Waals surface area (Å²) in [4.78, 5) is 21.7. The maximum absolute atomic E-state index is 11.7. The van der Waals surface area contributed by atoms with E-state index in [-0.39, 0.29) is 5.92 Å². The number of carbonyl (C=O) groups excluding carboxylic acids is 1. The van der Waals surface area contributed by atoms with Gasteiger partial charge in [0.1, 0.15) is 6.61 Å². The van der Waals surface area contributed by atoms with Crippen LogP contribution in [-0.2, 0) is 14.8 Å². The fourth-order valence-corrected chi connectivity index (χ4v) is 3.70. The van der Waals surface area contributed by atoms with Gasteiger partial charge in [-0.1, -0.05) is 0 Å². The number of nitrogens with zero attached hydrogens (tertiary/aromatic N) is 4. The summed E-state index contributed by atoms with van der Waals surface area (Å²) in [5, 5.41) is 0. The molecular weight excluding hydrogens is 308 g/mol. The van der Waals surface area contributed by atoms with E-state index in [9.17, 15) is 13.2 Å². The van der Waals surface area contributed by atoms with Crippen molar-refractivity contribution in [3.8, 4) is 0 Å². The largest absolute Gasteiger partial charge is 0.447 e. The first-order valence-corrected chi connectivity index (χ1v) is 9.01. The smallest absolute Gasteiger partial charge is 0.415 e. The second kappa shape index (κ2) is 5.81. The number of amides is 1. The molecule has 0 aromatic carbocycles. The van der Waals surface area contributed by atoms with E-state index in [0.717, 1.165) is 12.8 Å². The van der Waals surface area contributed by atoms with E-state index in [4.69, 9.17) is 4.74 Å². The first-order valence-electron chi connectivity index (χ1n) is 7.16. The molecule has 3 heterocycles. The number of carbonyl (C=O) groups is 1. The van der Waals surface area contributed by atoms with Crippen LogP contribution in [-0.4, -0.2) is 61.3 Å². The van der Waals surface area contributed by atoms with E-state index in [1.165, 1.54) is 21.7 Å². The van der Waals surface area contributed by atoms with Crippen LogP contribution < -0.4 is 4.90 Å². The van der Waals surface area contributed by atoms with Gasteiger partial charge in [0, 0.05) is 25.2 Å². The van der Waals surface area contributed by atoms with Crippen LogP contribution in [0, 0.1) is 0 Å². The highest BCUT2D eigenvalue weighted by molar-refractivity contribution is 7.88. The van der Waals surface area contributed by atoms with Gasteiger partial charge in [-0.25, -0.2) is 22.5 Å². The Balaban J connectivity index is 1.81. The Hall–Kier alpha value is -1.74. The normalized spacial score (nSPS) is 23.6. The Labute approximate surface area is 129 Å². The van der Waals surface area contributed by atoms with E-state index in [1.807, 2.05) is 0 Å². The highest BCUT2D eigenvalue weighted by Gasteiger charge is 2.29. The lowest BCUT2D eigenvalue weighted by molar-refractivity contribution is 0.181. The predicted octanol–water partition coefficient (Wildman–Crippen LogP) is 0.572. The average Bonchev–Trinajstić information content (AvgIpc) is 2.93. The number of sulfonamides is 1. The lowest BCUT2D eigenvalue weighted by Crippen LogP contribution is -2.38. The lowest BCUT2D eigenvalue weighted by Gasteiger charge is -2.30. The van der Waals surface area contributed by atoms with Crippen LogP contribution in [0.1, 0.15) is 24.5 Å². The van der Waals surface area contributed by atoms with Gasteiger partial charge >= 0.3 is 6.09 Å². The number of cyclic esters (lactones) is 1. The topological polar surface area (TPSA) is 92.7 Å². The summed E-state index contributed by atoms with van der Waals surface area (Å²) in [5.41, 5.74) is 0.713. The van der Waals surface area contributed by atoms with Crippen molar-refractivity contribution < 1.29 is 17.9 Å². The summed E-state index contributed by atoms with van der Waals surface area (Å²) < 4.78 is 29.8. The van der Waals surface area contributed by atoms with Crippen molar-refractivity contribution in [2.24, 2.45) is 0 Å². The maximum atomic E-state index is 11.7. The third kappa shape index (κ3) is 3.05. The molecular formula is C13H18N4O4S. The van der Waals surface area contributed by atoms with Crippen LogP contribution >= 0.6 is 0 Å². The average molecular weight is 326 g/mol. The molecule has 0 bridgehead atoms. The molecule has 1 atom stereocenters. The zero-order valence-corrected chi connectivity index (χ0v) is 13.1. The fraction of sp³-hybridized carbons (Fsp3) is 0.615. The molecule has 2 aliphatic heterocycles. The summed E-state index contributed by atoms with van der Waals surface area (Å²) in [5.74, 6) is 0.450. The molecule has 2 fully saturated rings. The van der Waals surface area contributed by atoms with Gasteiger partial charge in [0.2, 0.25) is 10.0 Å². The van der Waals surface area contributed by atoms with Gasteiger partial charge < -0.3 is 4.74 Å². The molecule has 0 spiro atoms. The molecule has 1 aromatic rings. The Bertz CT molecular complexity index is 678. The first-order chi connectivity index (χ1) is 10.4. The van der Waals surface area contributed by atoms with Gasteiger partial charge in [0.15, 0.2) is 5.82 Å². The monoisotopic (exact) mass is 326 g/mol. The fourth-order valence-electron chi connectivity index (χ4n) is 2.78. The van der Waals surface area contributed by atoms with Gasteiger partial charge in [-0.2, -0.15) is 0 Å². The van der Waals surface area contributed by atoms with Crippen molar-refractivity contribution in [1.29, 1.82) is 0 Å². The number of rotatable bonds is 3. The summed E-state index contributed by atoms with van der Waals surface area (Å²) in [6.07, 6.45) is 5.60. The molecule has 3 rings (SSSR count). The molecule has 1 aromatic heterocycles. The Morgan fingerprint density at radius 2 is 2.14 bits per heavy atom. The van der Waals surface area contributed by atoms with Gasteiger partial charge in [-0.15, -0.1) is 0 Å². The van der Waals surface area contributed by atoms with Gasteiger partial charge in [-0.3, -0.25) is 9.88 Å². The number of aromatic nitrogens is 2. The molecule has 120 valence electrons. The summed E-state index contributed by atoms with van der Waals surface area (Å²) in [7, 11) is -3.20. The molecule has 0 saturated carbocycles. The minimum absolute atomic E-state index is 0.00505. The summed E-state index contributed by atoms with van der Waals surface area (Å²) >= 11 is 0. The third-order valence-corrected chi connectivity index (χ3v) is 5.22.